The van der Waals surface area contributed by atoms with Crippen molar-refractivity contribution in [2.45, 2.75) is 17.6 Å². The summed E-state index contributed by atoms with van der Waals surface area (Å²) in [6.07, 6.45) is 1.53. The van der Waals surface area contributed by atoms with Crippen molar-refractivity contribution in [1.82, 2.24) is 15.0 Å². The van der Waals surface area contributed by atoms with Crippen molar-refractivity contribution < 1.29 is 9.53 Å². The second-order valence-corrected chi connectivity index (χ2v) is 9.11. The van der Waals surface area contributed by atoms with Crippen molar-refractivity contribution in [3.05, 3.63) is 81.0 Å². The zero-order valence-corrected chi connectivity index (χ0v) is 18.8. The molecule has 32 heavy (non-hydrogen) atoms. The van der Waals surface area contributed by atoms with Crippen LogP contribution in [0.2, 0.25) is 0 Å². The van der Waals surface area contributed by atoms with Crippen LogP contribution in [-0.2, 0) is 10.5 Å². The Morgan fingerprint density at radius 1 is 1.19 bits per heavy atom. The van der Waals surface area contributed by atoms with Crippen LogP contribution in [0.4, 0.5) is 0 Å². The van der Waals surface area contributed by atoms with Gasteiger partial charge in [-0.15, -0.1) is 23.1 Å². The lowest BCUT2D eigenvalue weighted by molar-refractivity contribution is 0.0529. The summed E-state index contributed by atoms with van der Waals surface area (Å²) in [5, 5.41) is 4.41. The quantitative estimate of drug-likeness (QED) is 0.254. The first-order valence-electron chi connectivity index (χ1n) is 10.1. The average Bonchev–Trinajstić information content (AvgIpc) is 3.47. The first-order chi connectivity index (χ1) is 15.6. The van der Waals surface area contributed by atoms with Gasteiger partial charge in [0.25, 0.3) is 5.56 Å². The van der Waals surface area contributed by atoms with E-state index in [2.05, 4.69) is 22.1 Å². The predicted octanol–water partition coefficient (Wildman–Crippen LogP) is 5.60. The topological polar surface area (TPSA) is 87.8 Å². The summed E-state index contributed by atoms with van der Waals surface area (Å²) >= 11 is 3.37. The van der Waals surface area contributed by atoms with Crippen LogP contribution in [0.3, 0.4) is 0 Å². The molecule has 3 heterocycles. The standard InChI is InChI=1S/C24H19N3O3S2/c1-2-30-24(29)17-11-25-22-21(17)16-10-14(8-9-18(16)27-23(22)28)19-12-32-20(26-19)13-31-15-6-4-3-5-7-15/h3-12,25H,2,13H2,1H3,(H,27,28). The molecular formula is C24H19N3O3S2. The molecule has 2 aromatic carbocycles. The van der Waals surface area contributed by atoms with Gasteiger partial charge in [-0.05, 0) is 31.2 Å². The lowest BCUT2D eigenvalue weighted by atomic mass is 10.0. The number of esters is 1. The minimum absolute atomic E-state index is 0.264. The van der Waals surface area contributed by atoms with E-state index in [-0.39, 0.29) is 12.2 Å². The van der Waals surface area contributed by atoms with Crippen LogP contribution < -0.4 is 5.56 Å². The summed E-state index contributed by atoms with van der Waals surface area (Å²) in [5.41, 5.74) is 2.89. The Labute approximate surface area is 191 Å². The van der Waals surface area contributed by atoms with Crippen LogP contribution in [0.15, 0.2) is 69.8 Å². The fraction of sp³-hybridized carbons (Fsp3) is 0.125. The summed E-state index contributed by atoms with van der Waals surface area (Å²) in [6, 6.07) is 16.0. The number of nitrogens with one attached hydrogen (secondary N) is 2. The Hall–Kier alpha value is -3.36. The molecule has 6 nitrogen and oxygen atoms in total. The second-order valence-electron chi connectivity index (χ2n) is 7.12. The van der Waals surface area contributed by atoms with Crippen LogP contribution in [-0.4, -0.2) is 27.5 Å². The molecule has 0 saturated heterocycles. The first-order valence-corrected chi connectivity index (χ1v) is 12.0. The summed E-state index contributed by atoms with van der Waals surface area (Å²) < 4.78 is 5.18. The number of aromatic amines is 2. The maximum Gasteiger partial charge on any atom is 0.340 e. The van der Waals surface area contributed by atoms with Gasteiger partial charge in [-0.1, -0.05) is 24.3 Å². The SMILES string of the molecule is CCOC(=O)c1c[nH]c2c(=O)[nH]c3ccc(-c4csc(CSc5ccccc5)n4)cc3c12. The number of benzene rings is 2. The van der Waals surface area contributed by atoms with Gasteiger partial charge in [0, 0.05) is 38.3 Å². The molecule has 0 bridgehead atoms. The minimum Gasteiger partial charge on any atom is -0.462 e. The van der Waals surface area contributed by atoms with Crippen molar-refractivity contribution in [3.8, 4) is 11.3 Å². The van der Waals surface area contributed by atoms with Gasteiger partial charge in [0.15, 0.2) is 0 Å². The highest BCUT2D eigenvalue weighted by Gasteiger charge is 2.18. The summed E-state index contributed by atoms with van der Waals surface area (Å²) in [5.74, 6) is 0.343. The van der Waals surface area contributed by atoms with Gasteiger partial charge in [-0.25, -0.2) is 9.78 Å². The maximum atomic E-state index is 12.5. The number of thiazole rings is 1. The summed E-state index contributed by atoms with van der Waals surface area (Å²) in [6.45, 7) is 2.02. The number of hydrogen-bond donors (Lipinski definition) is 2. The van der Waals surface area contributed by atoms with Gasteiger partial charge in [-0.2, -0.15) is 0 Å². The Morgan fingerprint density at radius 3 is 2.84 bits per heavy atom. The minimum atomic E-state index is -0.454. The number of carbonyl (C=O) groups excluding carboxylic acids is 1. The lowest BCUT2D eigenvalue weighted by Gasteiger charge is -2.05. The van der Waals surface area contributed by atoms with Crippen LogP contribution in [0.5, 0.6) is 0 Å². The molecule has 0 fully saturated rings. The highest BCUT2D eigenvalue weighted by atomic mass is 32.2. The van der Waals surface area contributed by atoms with Crippen molar-refractivity contribution in [2.24, 2.45) is 0 Å². The number of aromatic nitrogens is 3. The average molecular weight is 462 g/mol. The monoisotopic (exact) mass is 461 g/mol. The third-order valence-electron chi connectivity index (χ3n) is 5.09. The van der Waals surface area contributed by atoms with Gasteiger partial charge in [0.2, 0.25) is 0 Å². The molecule has 2 N–H and O–H groups in total. The smallest absolute Gasteiger partial charge is 0.340 e. The van der Waals surface area contributed by atoms with E-state index in [0.29, 0.717) is 22.0 Å². The van der Waals surface area contributed by atoms with Crippen molar-refractivity contribution in [3.63, 3.8) is 0 Å². The molecule has 0 radical (unpaired) electrons. The highest BCUT2D eigenvalue weighted by molar-refractivity contribution is 7.98. The summed E-state index contributed by atoms with van der Waals surface area (Å²) in [4.78, 5) is 36.7. The molecule has 0 aliphatic rings. The number of ether oxygens (including phenoxy) is 1. The van der Waals surface area contributed by atoms with Crippen LogP contribution in [0.25, 0.3) is 33.1 Å². The first kappa shape index (κ1) is 20.5. The molecule has 5 aromatic rings. The predicted molar refractivity (Wildman–Crippen MR) is 129 cm³/mol. The fourth-order valence-corrected chi connectivity index (χ4v) is 5.37. The van der Waals surface area contributed by atoms with E-state index in [4.69, 9.17) is 9.72 Å². The number of thioether (sulfide) groups is 1. The molecule has 0 atom stereocenters. The number of fused-ring (bicyclic) bond motifs is 3. The van der Waals surface area contributed by atoms with Gasteiger partial charge >= 0.3 is 5.97 Å². The highest BCUT2D eigenvalue weighted by Crippen LogP contribution is 2.32. The van der Waals surface area contributed by atoms with E-state index in [9.17, 15) is 9.59 Å². The van der Waals surface area contributed by atoms with Crippen LogP contribution in [0, 0.1) is 0 Å². The lowest BCUT2D eigenvalue weighted by Crippen LogP contribution is -2.08. The van der Waals surface area contributed by atoms with Crippen molar-refractivity contribution in [2.75, 3.05) is 6.61 Å². The molecule has 3 aromatic heterocycles. The number of rotatable bonds is 6. The zero-order valence-electron chi connectivity index (χ0n) is 17.2. The van der Waals surface area contributed by atoms with Gasteiger partial charge < -0.3 is 14.7 Å². The number of H-pyrrole nitrogens is 2. The van der Waals surface area contributed by atoms with Gasteiger partial charge in [0.05, 0.1) is 23.6 Å². The Kier molecular flexibility index (Phi) is 5.55. The molecule has 0 aliphatic carbocycles. The molecule has 5 rings (SSSR count). The Balaban J connectivity index is 1.53. The van der Waals surface area contributed by atoms with E-state index in [1.54, 1.807) is 30.0 Å². The van der Waals surface area contributed by atoms with E-state index in [0.717, 1.165) is 27.4 Å². The second kappa shape index (κ2) is 8.64. The molecule has 160 valence electrons. The van der Waals surface area contributed by atoms with Crippen LogP contribution >= 0.6 is 23.1 Å². The van der Waals surface area contributed by atoms with Crippen LogP contribution in [0.1, 0.15) is 22.3 Å². The number of pyridine rings is 1. The largest absolute Gasteiger partial charge is 0.462 e. The van der Waals surface area contributed by atoms with E-state index in [1.807, 2.05) is 41.8 Å². The zero-order chi connectivity index (χ0) is 22.1. The molecule has 0 spiro atoms. The number of nitrogens with zero attached hydrogens (tertiary/aromatic N) is 1. The van der Waals surface area contributed by atoms with E-state index >= 15 is 0 Å². The molecule has 0 saturated carbocycles. The van der Waals surface area contributed by atoms with Gasteiger partial charge in [0.1, 0.15) is 10.5 Å². The van der Waals surface area contributed by atoms with Crippen molar-refractivity contribution >= 4 is 50.9 Å². The Morgan fingerprint density at radius 2 is 2.03 bits per heavy atom. The molecule has 8 heteroatoms. The normalized spacial score (nSPS) is 11.3. The molecule has 0 unspecified atom stereocenters. The third-order valence-corrected chi connectivity index (χ3v) is 7.15. The van der Waals surface area contributed by atoms with E-state index in [1.165, 1.54) is 11.1 Å². The van der Waals surface area contributed by atoms with Crippen molar-refractivity contribution in [1.29, 1.82) is 0 Å². The molecular weight excluding hydrogens is 442 g/mol. The molecule has 0 amide bonds. The maximum absolute atomic E-state index is 12.5. The van der Waals surface area contributed by atoms with E-state index < -0.39 is 5.97 Å². The number of hydrogen-bond acceptors (Lipinski definition) is 6. The summed E-state index contributed by atoms with van der Waals surface area (Å²) in [7, 11) is 0. The Bertz CT molecular complexity index is 1490. The molecule has 0 aliphatic heterocycles. The fourth-order valence-electron chi connectivity index (χ4n) is 3.63. The van der Waals surface area contributed by atoms with Gasteiger partial charge in [-0.3, -0.25) is 4.79 Å². The third kappa shape index (κ3) is 3.83. The number of carbonyl (C=O) groups is 1.